The zero-order valence-corrected chi connectivity index (χ0v) is 13.6. The van der Waals surface area contributed by atoms with Gasteiger partial charge < -0.3 is 9.31 Å². The molecule has 0 aliphatic carbocycles. The molecule has 1 aliphatic heterocycles. The lowest BCUT2D eigenvalue weighted by molar-refractivity contribution is -0.150. The third-order valence-electron chi connectivity index (χ3n) is 3.31. The molecule has 134 valence electrons. The van der Waals surface area contributed by atoms with Gasteiger partial charge in [0.05, 0.1) is 13.1 Å². The van der Waals surface area contributed by atoms with Crippen LogP contribution in [0, 0.1) is 0 Å². The van der Waals surface area contributed by atoms with Crippen LogP contribution in [-0.2, 0) is 18.9 Å². The van der Waals surface area contributed by atoms with E-state index in [1.807, 2.05) is 0 Å². The Balaban J connectivity index is 2.37. The van der Waals surface area contributed by atoms with Gasteiger partial charge in [-0.25, -0.2) is 0 Å². The van der Waals surface area contributed by atoms with E-state index in [9.17, 15) is 27.6 Å². The summed E-state index contributed by atoms with van der Waals surface area (Å²) in [5.74, 6) is -6.38. The van der Waals surface area contributed by atoms with Gasteiger partial charge in [-0.15, -0.1) is 0 Å². The molecule has 1 atom stereocenters. The van der Waals surface area contributed by atoms with Crippen molar-refractivity contribution in [2.75, 3.05) is 20.1 Å². The van der Waals surface area contributed by atoms with Crippen molar-refractivity contribution in [1.29, 1.82) is 0 Å². The Labute approximate surface area is 146 Å². The Morgan fingerprint density at radius 2 is 1.80 bits per heavy atom. The topological polar surface area (TPSA) is 72.9 Å². The number of alkyl halides is 3. The number of hydrogen-bond acceptors (Lipinski definition) is 6. The highest BCUT2D eigenvalue weighted by Gasteiger charge is 2.58. The molecular weight excluding hydrogens is 365 g/mol. The van der Waals surface area contributed by atoms with Crippen molar-refractivity contribution in [2.45, 2.75) is 12.0 Å². The van der Waals surface area contributed by atoms with E-state index in [2.05, 4.69) is 9.31 Å². The second-order valence-corrected chi connectivity index (χ2v) is 5.85. The average molecular weight is 378 g/mol. The van der Waals surface area contributed by atoms with Gasteiger partial charge in [-0.05, 0) is 19.2 Å². The molecule has 1 fully saturated rings. The lowest BCUT2D eigenvalue weighted by Crippen LogP contribution is -2.49. The molecular formula is C14H12BClF3NO5. The highest BCUT2D eigenvalue weighted by atomic mass is 35.5. The summed E-state index contributed by atoms with van der Waals surface area (Å²) >= 11 is 5.69. The van der Waals surface area contributed by atoms with E-state index in [1.54, 1.807) is 0 Å². The Hall–Kier alpha value is -2.07. The van der Waals surface area contributed by atoms with Crippen LogP contribution in [0.3, 0.4) is 0 Å². The van der Waals surface area contributed by atoms with Crippen molar-refractivity contribution >= 4 is 36.4 Å². The van der Waals surface area contributed by atoms with E-state index in [1.165, 1.54) is 24.1 Å². The van der Waals surface area contributed by atoms with Gasteiger partial charge in [-0.1, -0.05) is 23.7 Å². The lowest BCUT2D eigenvalue weighted by Gasteiger charge is -2.27. The number of nitrogens with zero attached hydrogens (tertiary/aromatic N) is 1. The number of likely N-dealkylation sites (N-methyl/N-ethyl adjacent to an activating group) is 1. The predicted octanol–water partition coefficient (Wildman–Crippen LogP) is 1.98. The summed E-state index contributed by atoms with van der Waals surface area (Å²) in [6.07, 6.45) is -5.12. The van der Waals surface area contributed by atoms with Crippen LogP contribution in [0.2, 0.25) is 10.8 Å². The van der Waals surface area contributed by atoms with E-state index in [-0.39, 0.29) is 10.6 Å². The van der Waals surface area contributed by atoms with E-state index >= 15 is 0 Å². The number of hydrogen-bond donors (Lipinski definition) is 0. The Bertz CT molecular complexity index is 679. The largest absolute Gasteiger partial charge is 0.619 e. The molecule has 0 radical (unpaired) electrons. The summed E-state index contributed by atoms with van der Waals surface area (Å²) in [5.41, 5.74) is -0.346. The van der Waals surface area contributed by atoms with Gasteiger partial charge in [0.1, 0.15) is 0 Å². The van der Waals surface area contributed by atoms with Crippen LogP contribution in [-0.4, -0.2) is 56.1 Å². The van der Waals surface area contributed by atoms with Crippen molar-refractivity contribution in [2.24, 2.45) is 0 Å². The first-order chi connectivity index (χ1) is 11.6. The zero-order chi connectivity index (χ0) is 18.8. The van der Waals surface area contributed by atoms with Gasteiger partial charge in [0.2, 0.25) is 0 Å². The molecule has 0 saturated carbocycles. The molecule has 1 aliphatic rings. The average Bonchev–Trinajstić information content (AvgIpc) is 2.43. The second-order valence-electron chi connectivity index (χ2n) is 5.41. The fourth-order valence-electron chi connectivity index (χ4n) is 2.24. The second kappa shape index (κ2) is 7.44. The smallest absolute Gasteiger partial charge is 0.498 e. The predicted molar refractivity (Wildman–Crippen MR) is 81.0 cm³/mol. The first kappa shape index (κ1) is 19.3. The van der Waals surface area contributed by atoms with Crippen LogP contribution < -0.4 is 0 Å². The van der Waals surface area contributed by atoms with E-state index in [0.29, 0.717) is 0 Å². The monoisotopic (exact) mass is 377 g/mol. The van der Waals surface area contributed by atoms with Gasteiger partial charge in [0.15, 0.2) is 11.6 Å². The van der Waals surface area contributed by atoms with E-state index in [4.69, 9.17) is 11.6 Å². The summed E-state index contributed by atoms with van der Waals surface area (Å²) in [6.45, 7) is -0.830. The molecule has 1 aromatic rings. The minimum absolute atomic E-state index is 0.0556. The first-order valence-corrected chi connectivity index (χ1v) is 7.39. The summed E-state index contributed by atoms with van der Waals surface area (Å²) in [4.78, 5) is 36.9. The minimum Gasteiger partial charge on any atom is -0.498 e. The van der Waals surface area contributed by atoms with Gasteiger partial charge >= 0.3 is 25.2 Å². The van der Waals surface area contributed by atoms with Crippen molar-refractivity contribution in [3.63, 3.8) is 0 Å². The number of carbonyl (C=O) groups excluding carboxylic acids is 3. The van der Waals surface area contributed by atoms with Gasteiger partial charge in [-0.2, -0.15) is 13.2 Å². The van der Waals surface area contributed by atoms with Crippen LogP contribution in [0.1, 0.15) is 10.4 Å². The van der Waals surface area contributed by atoms with Crippen LogP contribution in [0.15, 0.2) is 24.3 Å². The molecule has 2 rings (SSSR count). The fourth-order valence-corrected chi connectivity index (χ4v) is 2.43. The third kappa shape index (κ3) is 4.96. The Morgan fingerprint density at radius 3 is 2.28 bits per heavy atom. The molecule has 6 nitrogen and oxygen atoms in total. The number of carbonyl (C=O) groups is 3. The van der Waals surface area contributed by atoms with Crippen LogP contribution in [0.5, 0.6) is 0 Å². The lowest BCUT2D eigenvalue weighted by atomic mass is 9.67. The standard InChI is InChI=1S/C14H12BClF3NO5/c1-20-6-10(21)24-15(25-11(22)7-20)13(14(17,18)19)12(23)8-3-2-4-9(16)5-8/h2-5,13H,6-7H2,1H3/t13-/m1/s1. The minimum atomic E-state index is -5.12. The maximum absolute atomic E-state index is 13.5. The molecule has 1 heterocycles. The summed E-state index contributed by atoms with van der Waals surface area (Å²) in [5, 5.41) is 0.0556. The SMILES string of the molecule is CN1CC(=O)OB([C@H](C(=O)c2cccc(Cl)c2)C(F)(F)F)OC(=O)C1. The molecule has 1 aromatic carbocycles. The highest BCUT2D eigenvalue weighted by molar-refractivity contribution is 6.57. The van der Waals surface area contributed by atoms with Crippen LogP contribution >= 0.6 is 11.6 Å². The molecule has 0 bridgehead atoms. The first-order valence-electron chi connectivity index (χ1n) is 7.02. The van der Waals surface area contributed by atoms with Crippen LogP contribution in [0.25, 0.3) is 0 Å². The highest BCUT2D eigenvalue weighted by Crippen LogP contribution is 2.38. The fraction of sp³-hybridized carbons (Fsp3) is 0.357. The Kier molecular flexibility index (Phi) is 5.74. The maximum atomic E-state index is 13.5. The number of rotatable bonds is 3. The van der Waals surface area contributed by atoms with E-state index < -0.39 is 49.9 Å². The summed E-state index contributed by atoms with van der Waals surface area (Å²) in [6, 6.07) is 4.86. The van der Waals surface area contributed by atoms with Crippen molar-refractivity contribution in [3.8, 4) is 0 Å². The quantitative estimate of drug-likeness (QED) is 0.592. The number of ketones is 1. The van der Waals surface area contributed by atoms with Crippen molar-refractivity contribution in [1.82, 2.24) is 4.90 Å². The molecule has 0 amide bonds. The molecule has 0 aromatic heterocycles. The maximum Gasteiger partial charge on any atom is 0.619 e. The Morgan fingerprint density at radius 1 is 1.24 bits per heavy atom. The molecule has 0 unspecified atom stereocenters. The normalized spacial score (nSPS) is 18.0. The molecule has 0 spiro atoms. The zero-order valence-electron chi connectivity index (χ0n) is 12.9. The van der Waals surface area contributed by atoms with E-state index in [0.717, 1.165) is 12.1 Å². The summed E-state index contributed by atoms with van der Waals surface area (Å²) in [7, 11) is -1.01. The number of halogens is 4. The third-order valence-corrected chi connectivity index (χ3v) is 3.54. The van der Waals surface area contributed by atoms with Crippen molar-refractivity contribution in [3.05, 3.63) is 34.9 Å². The van der Waals surface area contributed by atoms with Gasteiger partial charge in [0.25, 0.3) is 0 Å². The van der Waals surface area contributed by atoms with Gasteiger partial charge in [0, 0.05) is 10.6 Å². The van der Waals surface area contributed by atoms with Crippen molar-refractivity contribution < 1.29 is 36.9 Å². The molecule has 1 saturated heterocycles. The summed E-state index contributed by atoms with van der Waals surface area (Å²) < 4.78 is 49.6. The molecule has 0 N–H and O–H groups in total. The van der Waals surface area contributed by atoms with Gasteiger partial charge in [-0.3, -0.25) is 19.3 Å². The van der Waals surface area contributed by atoms with Crippen LogP contribution in [0.4, 0.5) is 13.2 Å². The molecule has 25 heavy (non-hydrogen) atoms. The molecule has 11 heteroatoms. The number of Topliss-reactive ketones (excluding diaryl/α,β-unsaturated/α-hetero) is 1. The number of benzene rings is 1.